The molecular weight excluding hydrogens is 280 g/mol. The summed E-state index contributed by atoms with van der Waals surface area (Å²) in [6.45, 7) is 9.88. The lowest BCUT2D eigenvalue weighted by Crippen LogP contribution is -2.50. The van der Waals surface area contributed by atoms with Crippen LogP contribution in [0.2, 0.25) is 0 Å². The maximum absolute atomic E-state index is 12.1. The van der Waals surface area contributed by atoms with Gasteiger partial charge in [-0.25, -0.2) is 8.42 Å². The summed E-state index contributed by atoms with van der Waals surface area (Å²) >= 11 is 1.76. The van der Waals surface area contributed by atoms with Crippen LogP contribution in [-0.2, 0) is 9.84 Å². The molecule has 1 fully saturated rings. The maximum Gasteiger partial charge on any atom is 0.166 e. The van der Waals surface area contributed by atoms with Gasteiger partial charge in [-0.1, -0.05) is 20.8 Å². The minimum absolute atomic E-state index is 0.247. The molecule has 6 heteroatoms. The van der Waals surface area contributed by atoms with Crippen molar-refractivity contribution in [1.29, 1.82) is 0 Å². The average Bonchev–Trinajstić information content (AvgIpc) is 2.39. The minimum Gasteiger partial charge on any atom is -0.316 e. The number of hydrogen-bond donors (Lipinski definition) is 1. The van der Waals surface area contributed by atoms with Crippen molar-refractivity contribution in [2.75, 3.05) is 43.4 Å². The van der Waals surface area contributed by atoms with Crippen LogP contribution >= 0.6 is 11.8 Å². The van der Waals surface area contributed by atoms with Gasteiger partial charge >= 0.3 is 0 Å². The predicted molar refractivity (Wildman–Crippen MR) is 84.5 cm³/mol. The van der Waals surface area contributed by atoms with Gasteiger partial charge in [0.05, 0.1) is 0 Å². The van der Waals surface area contributed by atoms with E-state index in [-0.39, 0.29) is 11.1 Å². The Labute approximate surface area is 122 Å². The first kappa shape index (κ1) is 17.3. The van der Waals surface area contributed by atoms with Crippen LogP contribution in [0.5, 0.6) is 0 Å². The number of nitrogens with zero attached hydrogens (tertiary/aromatic N) is 1. The smallest absolute Gasteiger partial charge is 0.166 e. The van der Waals surface area contributed by atoms with E-state index < -0.39 is 9.84 Å². The molecule has 1 saturated heterocycles. The third-order valence-corrected chi connectivity index (χ3v) is 6.81. The molecule has 1 aliphatic heterocycles. The van der Waals surface area contributed by atoms with Gasteiger partial charge in [0.15, 0.2) is 9.84 Å². The average molecular weight is 309 g/mol. The van der Waals surface area contributed by atoms with Crippen LogP contribution in [0.1, 0.15) is 27.2 Å². The van der Waals surface area contributed by atoms with Gasteiger partial charge in [0.25, 0.3) is 0 Å². The van der Waals surface area contributed by atoms with E-state index >= 15 is 0 Å². The van der Waals surface area contributed by atoms with E-state index in [0.29, 0.717) is 5.92 Å². The van der Waals surface area contributed by atoms with Crippen molar-refractivity contribution in [3.05, 3.63) is 0 Å². The first-order valence-electron chi connectivity index (χ1n) is 7.25. The molecule has 0 amide bonds. The normalized spacial score (nSPS) is 23.4. The summed E-state index contributed by atoms with van der Waals surface area (Å²) in [6.07, 6.45) is 1.14. The fraction of sp³-hybridized carbons (Fsp3) is 1.00. The molecule has 19 heavy (non-hydrogen) atoms. The number of rotatable bonds is 8. The Morgan fingerprint density at radius 3 is 2.79 bits per heavy atom. The lowest BCUT2D eigenvalue weighted by Gasteiger charge is -2.36. The Kier molecular flexibility index (Phi) is 7.72. The number of sulfone groups is 1. The molecule has 0 saturated carbocycles. The molecule has 0 aromatic carbocycles. The lowest BCUT2D eigenvalue weighted by atomic mass is 10.1. The molecule has 2 atom stereocenters. The predicted octanol–water partition coefficient (Wildman–Crippen LogP) is 1.43. The Bertz CT molecular complexity index is 347. The zero-order valence-electron chi connectivity index (χ0n) is 12.4. The van der Waals surface area contributed by atoms with Crippen molar-refractivity contribution in [3.8, 4) is 0 Å². The zero-order chi connectivity index (χ0) is 14.3. The maximum atomic E-state index is 12.1. The summed E-state index contributed by atoms with van der Waals surface area (Å²) in [5.41, 5.74) is 0. The summed E-state index contributed by atoms with van der Waals surface area (Å²) < 4.78 is 24.3. The van der Waals surface area contributed by atoms with Gasteiger partial charge in [-0.15, -0.1) is 0 Å². The summed E-state index contributed by atoms with van der Waals surface area (Å²) in [5, 5.41) is 3.14. The van der Waals surface area contributed by atoms with Crippen LogP contribution < -0.4 is 5.32 Å². The highest BCUT2D eigenvalue weighted by Gasteiger charge is 2.33. The van der Waals surface area contributed by atoms with E-state index in [1.807, 2.05) is 0 Å². The van der Waals surface area contributed by atoms with Crippen molar-refractivity contribution in [2.45, 2.75) is 32.6 Å². The van der Waals surface area contributed by atoms with E-state index in [0.717, 1.165) is 44.1 Å². The molecular formula is C13H28N2O2S2. The molecule has 1 N–H and O–H groups in total. The highest BCUT2D eigenvalue weighted by molar-refractivity contribution is 8.01. The third-order valence-electron chi connectivity index (χ3n) is 3.47. The second-order valence-electron chi connectivity index (χ2n) is 5.29. The van der Waals surface area contributed by atoms with Crippen molar-refractivity contribution in [3.63, 3.8) is 0 Å². The van der Waals surface area contributed by atoms with Crippen LogP contribution in [0.3, 0.4) is 0 Å². The van der Waals surface area contributed by atoms with E-state index in [9.17, 15) is 8.42 Å². The molecule has 114 valence electrons. The Balaban J connectivity index is 2.53. The Morgan fingerprint density at radius 2 is 2.16 bits per heavy atom. The first-order valence-corrected chi connectivity index (χ1v) is 10.1. The van der Waals surface area contributed by atoms with E-state index in [2.05, 4.69) is 24.1 Å². The largest absolute Gasteiger partial charge is 0.316 e. The molecule has 0 spiro atoms. The molecule has 0 radical (unpaired) electrons. The molecule has 0 aliphatic carbocycles. The van der Waals surface area contributed by atoms with E-state index in [1.165, 1.54) is 0 Å². The third kappa shape index (κ3) is 5.61. The van der Waals surface area contributed by atoms with Gasteiger partial charge in [-0.05, 0) is 25.4 Å². The van der Waals surface area contributed by atoms with Crippen LogP contribution in [-0.4, -0.2) is 62.1 Å². The molecule has 1 aliphatic rings. The summed E-state index contributed by atoms with van der Waals surface area (Å²) in [5.74, 6) is 2.51. The topological polar surface area (TPSA) is 49.4 Å². The first-order chi connectivity index (χ1) is 9.01. The highest BCUT2D eigenvalue weighted by Crippen LogP contribution is 2.22. The van der Waals surface area contributed by atoms with Crippen LogP contribution in [0, 0.1) is 5.92 Å². The molecule has 0 aromatic rings. The van der Waals surface area contributed by atoms with Crippen LogP contribution in [0.15, 0.2) is 0 Å². The molecule has 0 bridgehead atoms. The fourth-order valence-corrected chi connectivity index (χ4v) is 5.43. The fourth-order valence-electron chi connectivity index (χ4n) is 2.34. The second kappa shape index (κ2) is 8.49. The van der Waals surface area contributed by atoms with Gasteiger partial charge in [-0.2, -0.15) is 11.8 Å². The monoisotopic (exact) mass is 308 g/mol. The number of thioether (sulfide) groups is 1. The molecule has 2 unspecified atom stereocenters. The summed E-state index contributed by atoms with van der Waals surface area (Å²) in [7, 11) is -2.96. The molecule has 4 nitrogen and oxygen atoms in total. The summed E-state index contributed by atoms with van der Waals surface area (Å²) in [4.78, 5) is 2.17. The zero-order valence-corrected chi connectivity index (χ0v) is 14.0. The standard InChI is InChI=1S/C13H28N2O2S2/c1-4-6-14-9-12(3)10-15-7-8-18-11-13(15)19(16,17)5-2/h12-14H,4-11H2,1-3H3. The second-order valence-corrected chi connectivity index (χ2v) is 8.88. The van der Waals surface area contributed by atoms with Crippen molar-refractivity contribution in [2.24, 2.45) is 5.92 Å². The van der Waals surface area contributed by atoms with Crippen molar-refractivity contribution < 1.29 is 8.42 Å². The van der Waals surface area contributed by atoms with E-state index in [4.69, 9.17) is 0 Å². The van der Waals surface area contributed by atoms with Gasteiger partial charge < -0.3 is 5.32 Å². The Hall–Kier alpha value is 0.220. The molecule has 1 rings (SSSR count). The quantitative estimate of drug-likeness (QED) is 0.688. The minimum atomic E-state index is -2.96. The summed E-state index contributed by atoms with van der Waals surface area (Å²) in [6, 6.07) is 0. The van der Waals surface area contributed by atoms with Gasteiger partial charge in [-0.3, -0.25) is 4.90 Å². The van der Waals surface area contributed by atoms with Crippen molar-refractivity contribution in [1.82, 2.24) is 10.2 Å². The highest BCUT2D eigenvalue weighted by atomic mass is 32.2. The SMILES string of the molecule is CCCNCC(C)CN1CCSCC1S(=O)(=O)CC. The van der Waals surface area contributed by atoms with Crippen molar-refractivity contribution >= 4 is 21.6 Å². The van der Waals surface area contributed by atoms with Gasteiger partial charge in [0.1, 0.15) is 5.37 Å². The molecule has 0 aromatic heterocycles. The van der Waals surface area contributed by atoms with Crippen LogP contribution in [0.25, 0.3) is 0 Å². The number of hydrogen-bond acceptors (Lipinski definition) is 5. The van der Waals surface area contributed by atoms with E-state index in [1.54, 1.807) is 18.7 Å². The van der Waals surface area contributed by atoms with Gasteiger partial charge in [0.2, 0.25) is 0 Å². The van der Waals surface area contributed by atoms with Gasteiger partial charge in [0, 0.05) is 30.3 Å². The number of nitrogens with one attached hydrogen (secondary N) is 1. The Morgan fingerprint density at radius 1 is 1.42 bits per heavy atom. The molecule has 1 heterocycles. The van der Waals surface area contributed by atoms with Crippen LogP contribution in [0.4, 0.5) is 0 Å². The lowest BCUT2D eigenvalue weighted by molar-refractivity contribution is 0.231.